The Kier molecular flexibility index (Phi) is 7.09. The second kappa shape index (κ2) is 9.95. The molecule has 0 unspecified atom stereocenters. The number of amides is 1. The van der Waals surface area contributed by atoms with Crippen LogP contribution in [0, 0.1) is 0 Å². The number of H-pyrrole nitrogens is 1. The van der Waals surface area contributed by atoms with Crippen molar-refractivity contribution in [2.24, 2.45) is 0 Å². The summed E-state index contributed by atoms with van der Waals surface area (Å²) in [5.41, 5.74) is 3.24. The summed E-state index contributed by atoms with van der Waals surface area (Å²) in [5, 5.41) is 10.6. The van der Waals surface area contributed by atoms with Gasteiger partial charge >= 0.3 is 0 Å². The molecular weight excluding hydrogens is 374 g/mol. The van der Waals surface area contributed by atoms with Crippen molar-refractivity contribution in [1.29, 1.82) is 0 Å². The zero-order valence-electron chi connectivity index (χ0n) is 15.9. The molecule has 0 atom stereocenters. The number of carbonyl (C=O) groups is 1. The molecule has 0 bridgehead atoms. The standard InChI is InChI=1S/C22H24ClN3O2/c1-2-3-14-28-19-10-6-17(7-11-19)21-20(15-25-26-21)22(27)24-13-12-16-4-8-18(23)9-5-16/h4-11,15H,2-3,12-14H2,1H3,(H,24,27)(H,25,26). The highest BCUT2D eigenvalue weighted by atomic mass is 35.5. The Labute approximate surface area is 170 Å². The third kappa shape index (κ3) is 5.36. The maximum Gasteiger partial charge on any atom is 0.255 e. The Bertz CT molecular complexity index is 889. The molecule has 0 saturated carbocycles. The van der Waals surface area contributed by atoms with E-state index in [-0.39, 0.29) is 5.91 Å². The van der Waals surface area contributed by atoms with Gasteiger partial charge in [0.2, 0.25) is 0 Å². The summed E-state index contributed by atoms with van der Waals surface area (Å²) >= 11 is 5.89. The molecule has 0 aliphatic heterocycles. The Morgan fingerprint density at radius 2 is 1.89 bits per heavy atom. The maximum absolute atomic E-state index is 12.6. The molecule has 0 aliphatic rings. The van der Waals surface area contributed by atoms with Gasteiger partial charge in [-0.15, -0.1) is 0 Å². The monoisotopic (exact) mass is 397 g/mol. The number of benzene rings is 2. The maximum atomic E-state index is 12.6. The number of hydrogen-bond acceptors (Lipinski definition) is 3. The number of rotatable bonds is 9. The van der Waals surface area contributed by atoms with Crippen LogP contribution in [0.4, 0.5) is 0 Å². The van der Waals surface area contributed by atoms with Crippen LogP contribution in [0.5, 0.6) is 5.75 Å². The lowest BCUT2D eigenvalue weighted by Crippen LogP contribution is -2.25. The van der Waals surface area contributed by atoms with Crippen LogP contribution in [0.15, 0.2) is 54.7 Å². The summed E-state index contributed by atoms with van der Waals surface area (Å²) in [6.07, 6.45) is 4.42. The normalized spacial score (nSPS) is 10.6. The molecule has 1 amide bonds. The summed E-state index contributed by atoms with van der Waals surface area (Å²) in [4.78, 5) is 12.6. The lowest BCUT2D eigenvalue weighted by atomic mass is 10.1. The molecule has 2 aromatic carbocycles. The largest absolute Gasteiger partial charge is 0.494 e. The molecule has 0 radical (unpaired) electrons. The number of nitrogens with one attached hydrogen (secondary N) is 2. The van der Waals surface area contributed by atoms with Crippen molar-refractivity contribution in [3.8, 4) is 17.0 Å². The van der Waals surface area contributed by atoms with Gasteiger partial charge in [0, 0.05) is 17.1 Å². The molecule has 0 fully saturated rings. The van der Waals surface area contributed by atoms with E-state index in [9.17, 15) is 4.79 Å². The second-order valence-electron chi connectivity index (χ2n) is 6.52. The van der Waals surface area contributed by atoms with Crippen LogP contribution < -0.4 is 10.1 Å². The Hall–Kier alpha value is -2.79. The van der Waals surface area contributed by atoms with Crippen LogP contribution in [-0.4, -0.2) is 29.3 Å². The third-order valence-electron chi connectivity index (χ3n) is 4.41. The van der Waals surface area contributed by atoms with Gasteiger partial charge < -0.3 is 10.1 Å². The number of unbranched alkanes of at least 4 members (excludes halogenated alkanes) is 1. The molecule has 3 rings (SSSR count). The first-order valence-electron chi connectivity index (χ1n) is 9.46. The fourth-order valence-corrected chi connectivity index (χ4v) is 2.92. The van der Waals surface area contributed by atoms with Crippen LogP contribution >= 0.6 is 11.6 Å². The number of hydrogen-bond donors (Lipinski definition) is 2. The van der Waals surface area contributed by atoms with E-state index < -0.39 is 0 Å². The molecule has 6 heteroatoms. The van der Waals surface area contributed by atoms with Gasteiger partial charge in [0.15, 0.2) is 0 Å². The van der Waals surface area contributed by atoms with Gasteiger partial charge in [-0.05, 0) is 54.8 Å². The van der Waals surface area contributed by atoms with E-state index in [1.807, 2.05) is 48.5 Å². The van der Waals surface area contributed by atoms with Gasteiger partial charge in [0.05, 0.1) is 24.1 Å². The SMILES string of the molecule is CCCCOc1ccc(-c2[nH]ncc2C(=O)NCCc2ccc(Cl)cc2)cc1. The third-order valence-corrected chi connectivity index (χ3v) is 4.66. The molecule has 0 aliphatic carbocycles. The van der Waals surface area contributed by atoms with Crippen LogP contribution in [0.25, 0.3) is 11.3 Å². The van der Waals surface area contributed by atoms with Crippen molar-refractivity contribution in [3.63, 3.8) is 0 Å². The number of aromatic nitrogens is 2. The summed E-state index contributed by atoms with van der Waals surface area (Å²) in [6.45, 7) is 3.38. The number of ether oxygens (including phenoxy) is 1. The number of carbonyl (C=O) groups excluding carboxylic acids is 1. The van der Waals surface area contributed by atoms with Crippen molar-refractivity contribution in [2.75, 3.05) is 13.2 Å². The van der Waals surface area contributed by atoms with Gasteiger partial charge in [-0.3, -0.25) is 9.89 Å². The summed E-state index contributed by atoms with van der Waals surface area (Å²) in [5.74, 6) is 0.673. The van der Waals surface area contributed by atoms with Crippen LogP contribution in [0.3, 0.4) is 0 Å². The first-order valence-corrected chi connectivity index (χ1v) is 9.84. The Morgan fingerprint density at radius 1 is 1.14 bits per heavy atom. The van der Waals surface area contributed by atoms with Gasteiger partial charge in [0.25, 0.3) is 5.91 Å². The van der Waals surface area contributed by atoms with Gasteiger partial charge in [-0.2, -0.15) is 5.10 Å². The van der Waals surface area contributed by atoms with Crippen molar-refractivity contribution in [3.05, 3.63) is 70.9 Å². The van der Waals surface area contributed by atoms with Crippen LogP contribution in [0.1, 0.15) is 35.7 Å². The summed E-state index contributed by atoms with van der Waals surface area (Å²) in [7, 11) is 0. The molecular formula is C22H24ClN3O2. The molecule has 146 valence electrons. The highest BCUT2D eigenvalue weighted by molar-refractivity contribution is 6.30. The first-order chi connectivity index (χ1) is 13.7. The Morgan fingerprint density at radius 3 is 2.61 bits per heavy atom. The lowest BCUT2D eigenvalue weighted by molar-refractivity contribution is 0.0955. The molecule has 28 heavy (non-hydrogen) atoms. The van der Waals surface area contributed by atoms with E-state index in [1.165, 1.54) is 0 Å². The predicted octanol–water partition coefficient (Wildman–Crippen LogP) is 4.88. The highest BCUT2D eigenvalue weighted by Gasteiger charge is 2.15. The first kappa shape index (κ1) is 20.0. The van der Waals surface area contributed by atoms with Crippen molar-refractivity contribution >= 4 is 17.5 Å². The van der Waals surface area contributed by atoms with Gasteiger partial charge in [-0.25, -0.2) is 0 Å². The van der Waals surface area contributed by atoms with Crippen LogP contribution in [-0.2, 0) is 6.42 Å². The van der Waals surface area contributed by atoms with Crippen molar-refractivity contribution in [2.45, 2.75) is 26.2 Å². The average molecular weight is 398 g/mol. The molecule has 0 saturated heterocycles. The van der Waals surface area contributed by atoms with Crippen LogP contribution in [0.2, 0.25) is 5.02 Å². The Balaban J connectivity index is 1.59. The summed E-state index contributed by atoms with van der Waals surface area (Å²) < 4.78 is 5.69. The molecule has 3 aromatic rings. The minimum atomic E-state index is -0.152. The van der Waals surface area contributed by atoms with Crippen molar-refractivity contribution < 1.29 is 9.53 Å². The van der Waals surface area contributed by atoms with E-state index in [2.05, 4.69) is 22.4 Å². The lowest BCUT2D eigenvalue weighted by Gasteiger charge is -2.08. The van der Waals surface area contributed by atoms with E-state index in [0.717, 1.165) is 36.1 Å². The van der Waals surface area contributed by atoms with E-state index in [1.54, 1.807) is 6.20 Å². The zero-order chi connectivity index (χ0) is 19.8. The topological polar surface area (TPSA) is 67.0 Å². The van der Waals surface area contributed by atoms with E-state index in [4.69, 9.17) is 16.3 Å². The second-order valence-corrected chi connectivity index (χ2v) is 6.95. The van der Waals surface area contributed by atoms with Crippen molar-refractivity contribution in [1.82, 2.24) is 15.5 Å². The predicted molar refractivity (Wildman–Crippen MR) is 112 cm³/mol. The summed E-state index contributed by atoms with van der Waals surface area (Å²) in [6, 6.07) is 15.3. The molecule has 0 spiro atoms. The molecule has 5 nitrogen and oxygen atoms in total. The van der Waals surface area contributed by atoms with Gasteiger partial charge in [0.1, 0.15) is 5.75 Å². The fraction of sp³-hybridized carbons (Fsp3) is 0.273. The molecule has 1 heterocycles. The number of halogens is 1. The zero-order valence-corrected chi connectivity index (χ0v) is 16.6. The van der Waals surface area contributed by atoms with E-state index >= 15 is 0 Å². The number of aromatic amines is 1. The molecule has 1 aromatic heterocycles. The van der Waals surface area contributed by atoms with E-state index in [0.29, 0.717) is 29.4 Å². The minimum absolute atomic E-state index is 0.152. The molecule has 2 N–H and O–H groups in total. The quantitative estimate of drug-likeness (QED) is 0.505. The minimum Gasteiger partial charge on any atom is -0.494 e. The highest BCUT2D eigenvalue weighted by Crippen LogP contribution is 2.24. The van der Waals surface area contributed by atoms with Gasteiger partial charge in [-0.1, -0.05) is 37.1 Å². The fourth-order valence-electron chi connectivity index (χ4n) is 2.80. The smallest absolute Gasteiger partial charge is 0.255 e. The average Bonchev–Trinajstić information content (AvgIpc) is 3.20. The number of nitrogens with zero attached hydrogens (tertiary/aromatic N) is 1.